The molecule has 1 aromatic heterocycles. The number of carbonyl (C=O) groups is 1. The van der Waals surface area contributed by atoms with E-state index in [-0.39, 0.29) is 36.8 Å². The number of halogens is 2. The van der Waals surface area contributed by atoms with Crippen LogP contribution in [0, 0.1) is 13.8 Å². The Kier molecular flexibility index (Phi) is 7.71. The molecule has 1 atom stereocenters. The van der Waals surface area contributed by atoms with Crippen molar-refractivity contribution in [2.24, 2.45) is 0 Å². The third-order valence-electron chi connectivity index (χ3n) is 2.86. The molecule has 0 saturated carbocycles. The van der Waals surface area contributed by atoms with E-state index in [9.17, 15) is 4.79 Å². The second-order valence-corrected chi connectivity index (χ2v) is 5.49. The highest BCUT2D eigenvalue weighted by Crippen LogP contribution is 2.19. The van der Waals surface area contributed by atoms with Crippen molar-refractivity contribution in [1.29, 1.82) is 0 Å². The van der Waals surface area contributed by atoms with Crippen molar-refractivity contribution in [3.05, 3.63) is 45.4 Å². The van der Waals surface area contributed by atoms with Crippen LogP contribution in [0.25, 0.3) is 0 Å². The summed E-state index contributed by atoms with van der Waals surface area (Å²) >= 11 is 1.55. The first-order valence-corrected chi connectivity index (χ1v) is 6.94. The fourth-order valence-corrected chi connectivity index (χ4v) is 2.60. The molecule has 0 bridgehead atoms. The van der Waals surface area contributed by atoms with Gasteiger partial charge < -0.3 is 11.1 Å². The van der Waals surface area contributed by atoms with Crippen molar-refractivity contribution in [1.82, 2.24) is 10.3 Å². The molecule has 2 aromatic rings. The van der Waals surface area contributed by atoms with Gasteiger partial charge in [0.25, 0.3) is 5.91 Å². The summed E-state index contributed by atoms with van der Waals surface area (Å²) in [6.07, 6.45) is 0. The number of aromatic nitrogens is 1. The standard InChI is InChI=1S/C14H17N3OS.2ClH/c1-8-4-5-11(15)6-12(8)13(18)17-10(3)14-16-9(2)7-19-14;;/h4-7,10H,15H2,1-3H3,(H,17,18);2*1H. The molecule has 4 nitrogen and oxygen atoms in total. The number of rotatable bonds is 3. The molecule has 21 heavy (non-hydrogen) atoms. The van der Waals surface area contributed by atoms with Crippen LogP contribution in [0.2, 0.25) is 0 Å². The summed E-state index contributed by atoms with van der Waals surface area (Å²) in [5, 5.41) is 5.83. The van der Waals surface area contributed by atoms with Crippen molar-refractivity contribution in [3.63, 3.8) is 0 Å². The van der Waals surface area contributed by atoms with Gasteiger partial charge in [-0.25, -0.2) is 4.98 Å². The molecule has 1 aromatic carbocycles. The van der Waals surface area contributed by atoms with Crippen LogP contribution in [0.3, 0.4) is 0 Å². The summed E-state index contributed by atoms with van der Waals surface area (Å²) in [6, 6.07) is 5.24. The van der Waals surface area contributed by atoms with Crippen molar-refractivity contribution in [2.45, 2.75) is 26.8 Å². The van der Waals surface area contributed by atoms with Gasteiger partial charge in [0.05, 0.1) is 6.04 Å². The third kappa shape index (κ3) is 4.88. The first-order valence-electron chi connectivity index (χ1n) is 6.06. The molecule has 0 aliphatic rings. The van der Waals surface area contributed by atoms with Gasteiger partial charge >= 0.3 is 0 Å². The van der Waals surface area contributed by atoms with E-state index in [4.69, 9.17) is 5.73 Å². The number of nitrogens with two attached hydrogens (primary N) is 1. The summed E-state index contributed by atoms with van der Waals surface area (Å²) in [5.41, 5.74) is 8.81. The number of nitrogens with one attached hydrogen (secondary N) is 1. The molecule has 0 aliphatic carbocycles. The number of amides is 1. The average molecular weight is 348 g/mol. The smallest absolute Gasteiger partial charge is 0.252 e. The predicted octanol–water partition coefficient (Wildman–Crippen LogP) is 3.68. The molecule has 3 N–H and O–H groups in total. The van der Waals surface area contributed by atoms with Gasteiger partial charge in [-0.2, -0.15) is 0 Å². The molecule has 1 heterocycles. The molecule has 1 amide bonds. The lowest BCUT2D eigenvalue weighted by atomic mass is 10.1. The second kappa shape index (κ2) is 8.22. The molecule has 116 valence electrons. The van der Waals surface area contributed by atoms with Gasteiger partial charge in [-0.05, 0) is 38.5 Å². The summed E-state index contributed by atoms with van der Waals surface area (Å²) in [4.78, 5) is 16.6. The highest BCUT2D eigenvalue weighted by Gasteiger charge is 2.15. The molecule has 1 unspecified atom stereocenters. The monoisotopic (exact) mass is 347 g/mol. The maximum absolute atomic E-state index is 12.2. The lowest BCUT2D eigenvalue weighted by Crippen LogP contribution is -2.27. The van der Waals surface area contributed by atoms with Gasteiger partial charge in [0, 0.05) is 22.3 Å². The molecule has 0 saturated heterocycles. The van der Waals surface area contributed by atoms with Crippen LogP contribution < -0.4 is 11.1 Å². The number of anilines is 1. The Morgan fingerprint density at radius 2 is 2.00 bits per heavy atom. The van der Waals surface area contributed by atoms with E-state index in [2.05, 4.69) is 10.3 Å². The number of aryl methyl sites for hydroxylation is 2. The number of hydrogen-bond donors (Lipinski definition) is 2. The first kappa shape index (κ1) is 19.7. The van der Waals surface area contributed by atoms with Crippen LogP contribution in [-0.4, -0.2) is 10.9 Å². The van der Waals surface area contributed by atoms with Crippen molar-refractivity contribution >= 4 is 47.7 Å². The molecule has 0 aliphatic heterocycles. The van der Waals surface area contributed by atoms with E-state index in [1.54, 1.807) is 23.5 Å². The maximum atomic E-state index is 12.2. The molecule has 2 rings (SSSR count). The van der Waals surface area contributed by atoms with E-state index in [0.717, 1.165) is 16.3 Å². The van der Waals surface area contributed by atoms with Gasteiger partial charge in [-0.1, -0.05) is 6.07 Å². The second-order valence-electron chi connectivity index (χ2n) is 4.60. The highest BCUT2D eigenvalue weighted by molar-refractivity contribution is 7.09. The van der Waals surface area contributed by atoms with Crippen LogP contribution >= 0.6 is 36.2 Å². The topological polar surface area (TPSA) is 68.0 Å². The Labute approximate surface area is 141 Å². The molecular weight excluding hydrogens is 329 g/mol. The van der Waals surface area contributed by atoms with Gasteiger partial charge in [0.2, 0.25) is 0 Å². The lowest BCUT2D eigenvalue weighted by Gasteiger charge is -2.13. The number of thiazole rings is 1. The number of nitrogen functional groups attached to an aromatic ring is 1. The zero-order valence-corrected chi connectivity index (χ0v) is 14.5. The third-order valence-corrected chi connectivity index (χ3v) is 4.01. The van der Waals surface area contributed by atoms with Crippen LogP contribution in [0.4, 0.5) is 5.69 Å². The largest absolute Gasteiger partial charge is 0.399 e. The minimum atomic E-state index is -0.120. The Morgan fingerprint density at radius 3 is 2.57 bits per heavy atom. The van der Waals surface area contributed by atoms with E-state index in [0.29, 0.717) is 11.3 Å². The Hall–Kier alpha value is -1.30. The fourth-order valence-electron chi connectivity index (χ4n) is 1.79. The molecule has 0 radical (unpaired) electrons. The van der Waals surface area contributed by atoms with E-state index >= 15 is 0 Å². The van der Waals surface area contributed by atoms with Crippen LogP contribution in [0.1, 0.15) is 39.6 Å². The summed E-state index contributed by atoms with van der Waals surface area (Å²) in [5.74, 6) is -0.120. The molecule has 0 fully saturated rings. The fraction of sp³-hybridized carbons (Fsp3) is 0.286. The number of hydrogen-bond acceptors (Lipinski definition) is 4. The summed E-state index contributed by atoms with van der Waals surface area (Å²) in [7, 11) is 0. The molecule has 0 spiro atoms. The van der Waals surface area contributed by atoms with E-state index in [1.807, 2.05) is 32.2 Å². The Balaban J connectivity index is 0.00000200. The SMILES string of the molecule is Cc1csc(C(C)NC(=O)c2cc(N)ccc2C)n1.Cl.Cl. The number of benzene rings is 1. The maximum Gasteiger partial charge on any atom is 0.252 e. The highest BCUT2D eigenvalue weighted by atomic mass is 35.5. The Morgan fingerprint density at radius 1 is 1.33 bits per heavy atom. The minimum Gasteiger partial charge on any atom is -0.399 e. The van der Waals surface area contributed by atoms with Crippen molar-refractivity contribution in [2.75, 3.05) is 5.73 Å². The first-order chi connectivity index (χ1) is 8.97. The van der Waals surface area contributed by atoms with Gasteiger partial charge in [0.1, 0.15) is 5.01 Å². The van der Waals surface area contributed by atoms with Gasteiger partial charge in [0.15, 0.2) is 0 Å². The summed E-state index contributed by atoms with van der Waals surface area (Å²) < 4.78 is 0. The zero-order valence-electron chi connectivity index (χ0n) is 12.0. The van der Waals surface area contributed by atoms with Gasteiger partial charge in [-0.3, -0.25) is 4.79 Å². The predicted molar refractivity (Wildman–Crippen MR) is 92.8 cm³/mol. The van der Waals surface area contributed by atoms with Crippen LogP contribution in [-0.2, 0) is 0 Å². The van der Waals surface area contributed by atoms with Crippen molar-refractivity contribution in [3.8, 4) is 0 Å². The lowest BCUT2D eigenvalue weighted by molar-refractivity contribution is 0.0939. The minimum absolute atomic E-state index is 0. The van der Waals surface area contributed by atoms with Crippen LogP contribution in [0.5, 0.6) is 0 Å². The van der Waals surface area contributed by atoms with E-state index < -0.39 is 0 Å². The number of nitrogens with zero attached hydrogens (tertiary/aromatic N) is 1. The molecule has 7 heteroatoms. The normalized spacial score (nSPS) is 11.0. The Bertz CT molecular complexity index is 616. The number of carbonyl (C=O) groups excluding carboxylic acids is 1. The zero-order chi connectivity index (χ0) is 14.0. The van der Waals surface area contributed by atoms with Gasteiger partial charge in [-0.15, -0.1) is 36.2 Å². The van der Waals surface area contributed by atoms with Crippen LogP contribution in [0.15, 0.2) is 23.6 Å². The van der Waals surface area contributed by atoms with Crippen molar-refractivity contribution < 1.29 is 4.79 Å². The van der Waals surface area contributed by atoms with E-state index in [1.165, 1.54) is 0 Å². The quantitative estimate of drug-likeness (QED) is 0.832. The molecular formula is C14H19Cl2N3OS. The average Bonchev–Trinajstić information content (AvgIpc) is 2.79. The summed E-state index contributed by atoms with van der Waals surface area (Å²) in [6.45, 7) is 5.76.